The number of fused-ring (bicyclic) bond motifs is 5. The number of carbonyl (C=O) groups excluding carboxylic acids is 2. The normalized spacial score (nSPS) is 42.2. The number of quaternary nitrogens is 1. The van der Waals surface area contributed by atoms with Crippen molar-refractivity contribution in [2.45, 2.75) is 77.2 Å². The molecule has 0 heterocycles. The molecule has 7 nitrogen and oxygen atoms in total. The van der Waals surface area contributed by atoms with Crippen molar-refractivity contribution in [1.82, 2.24) is 4.90 Å². The molecule has 0 radical (unpaired) electrons. The van der Waals surface area contributed by atoms with Crippen LogP contribution in [0.25, 0.3) is 0 Å². The van der Waals surface area contributed by atoms with Crippen molar-refractivity contribution in [2.24, 2.45) is 40.4 Å². The summed E-state index contributed by atoms with van der Waals surface area (Å²) in [4.78, 5) is 27.0. The van der Waals surface area contributed by atoms with Crippen LogP contribution >= 0.6 is 0 Å². The SMILES string of the molecule is COCC1(O)CCC2(C)C(CCC3C2CCC2(C)C(C(=O)C[NH2+]C=C(C=N)C(=O)N(C)C)CCC32)C1. The first kappa shape index (κ1) is 27.5. The van der Waals surface area contributed by atoms with Gasteiger partial charge in [-0.3, -0.25) is 9.59 Å². The minimum absolute atomic E-state index is 0.0638. The molecule has 4 aliphatic rings. The number of methoxy groups -OCH3 is 1. The second-order valence-corrected chi connectivity index (χ2v) is 13.1. The summed E-state index contributed by atoms with van der Waals surface area (Å²) in [5, 5.41) is 20.4. The third-order valence-electron chi connectivity index (χ3n) is 11.0. The highest BCUT2D eigenvalue weighted by molar-refractivity contribution is 6.10. The van der Waals surface area contributed by atoms with Crippen LogP contribution in [0.2, 0.25) is 0 Å². The Balaban J connectivity index is 1.42. The van der Waals surface area contributed by atoms with Crippen molar-refractivity contribution in [3.63, 3.8) is 0 Å². The molecule has 0 bridgehead atoms. The highest BCUT2D eigenvalue weighted by Crippen LogP contribution is 2.68. The van der Waals surface area contributed by atoms with E-state index in [1.165, 1.54) is 24.2 Å². The molecule has 8 unspecified atom stereocenters. The maximum atomic E-state index is 13.4. The van der Waals surface area contributed by atoms with Crippen LogP contribution < -0.4 is 5.32 Å². The molecule has 0 aliphatic heterocycles. The Kier molecular flexibility index (Phi) is 7.86. The van der Waals surface area contributed by atoms with E-state index in [2.05, 4.69) is 13.8 Å². The number of rotatable bonds is 8. The highest BCUT2D eigenvalue weighted by Gasteiger charge is 2.62. The van der Waals surface area contributed by atoms with E-state index in [9.17, 15) is 14.7 Å². The molecular weight excluding hydrogens is 454 g/mol. The summed E-state index contributed by atoms with van der Waals surface area (Å²) in [6.45, 7) is 5.65. The number of carbonyl (C=O) groups is 2. The lowest BCUT2D eigenvalue weighted by Crippen LogP contribution is -2.81. The van der Waals surface area contributed by atoms with Gasteiger partial charge in [0.1, 0.15) is 18.3 Å². The lowest BCUT2D eigenvalue weighted by Gasteiger charge is -2.62. The molecule has 1 amide bonds. The molecule has 7 heteroatoms. The van der Waals surface area contributed by atoms with E-state index in [4.69, 9.17) is 10.1 Å². The third-order valence-corrected chi connectivity index (χ3v) is 11.0. The first-order chi connectivity index (χ1) is 17.0. The van der Waals surface area contributed by atoms with Crippen LogP contribution in [0.5, 0.6) is 0 Å². The van der Waals surface area contributed by atoms with Gasteiger partial charge in [-0.1, -0.05) is 13.8 Å². The first-order valence-electron chi connectivity index (χ1n) is 14.0. The molecule has 8 atom stereocenters. The maximum absolute atomic E-state index is 13.4. The van der Waals surface area contributed by atoms with Crippen LogP contribution in [0.15, 0.2) is 11.8 Å². The van der Waals surface area contributed by atoms with Gasteiger partial charge in [-0.2, -0.15) is 0 Å². The van der Waals surface area contributed by atoms with Crippen LogP contribution in [0.1, 0.15) is 71.6 Å². The van der Waals surface area contributed by atoms with Crippen LogP contribution in [0.3, 0.4) is 0 Å². The van der Waals surface area contributed by atoms with Gasteiger partial charge in [0, 0.05) is 33.3 Å². The molecule has 0 spiro atoms. The Hall–Kier alpha value is -1.57. The van der Waals surface area contributed by atoms with Gasteiger partial charge in [-0.05, 0) is 92.3 Å². The van der Waals surface area contributed by atoms with E-state index in [0.29, 0.717) is 48.2 Å². The largest absolute Gasteiger partial charge is 0.387 e. The average Bonchev–Trinajstić information content (AvgIpc) is 3.19. The second kappa shape index (κ2) is 10.3. The molecule has 4 fully saturated rings. The van der Waals surface area contributed by atoms with E-state index < -0.39 is 5.60 Å². The predicted octanol–water partition coefficient (Wildman–Crippen LogP) is 2.78. The molecule has 4 N–H and O–H groups in total. The van der Waals surface area contributed by atoms with Gasteiger partial charge in [0.05, 0.1) is 12.2 Å². The number of likely N-dealkylation sites (N-methyl/N-ethyl adjacent to an activating group) is 1. The lowest BCUT2D eigenvalue weighted by atomic mass is 9.44. The highest BCUT2D eigenvalue weighted by atomic mass is 16.5. The van der Waals surface area contributed by atoms with Crippen LogP contribution in [-0.2, 0) is 14.3 Å². The summed E-state index contributed by atoms with van der Waals surface area (Å²) in [7, 11) is 5.02. The molecule has 202 valence electrons. The summed E-state index contributed by atoms with van der Waals surface area (Å²) in [5.74, 6) is 2.70. The van der Waals surface area contributed by atoms with Crippen LogP contribution in [0, 0.1) is 45.8 Å². The molecule has 0 saturated heterocycles. The molecule has 0 aromatic heterocycles. The quantitative estimate of drug-likeness (QED) is 0.350. The Labute approximate surface area is 216 Å². The van der Waals surface area contributed by atoms with Crippen molar-refractivity contribution in [2.75, 3.05) is 34.4 Å². The van der Waals surface area contributed by atoms with Crippen molar-refractivity contribution in [3.8, 4) is 0 Å². The number of ketones is 1. The number of hydrogen-bond acceptors (Lipinski definition) is 5. The number of nitrogens with zero attached hydrogens (tertiary/aromatic N) is 1. The number of nitrogens with two attached hydrogens (primary N) is 1. The number of ether oxygens (including phenoxy) is 1. The topological polar surface area (TPSA) is 107 Å². The zero-order chi connectivity index (χ0) is 26.3. The summed E-state index contributed by atoms with van der Waals surface area (Å²) >= 11 is 0. The van der Waals surface area contributed by atoms with Crippen LogP contribution in [0.4, 0.5) is 0 Å². The Morgan fingerprint density at radius 2 is 1.78 bits per heavy atom. The standard InChI is InChI=1S/C29H47N3O4/c1-27-12-13-29(35,18-36-5)14-20(27)6-7-21-22-8-9-24(28(22,2)11-10-23(21)27)25(33)17-31-16-19(15-30)26(34)32(3)4/h15-16,20-24,30-31,35H,6-14,17-18H2,1-5H3/p+1. The van der Waals surface area contributed by atoms with Gasteiger partial charge in [0.2, 0.25) is 0 Å². The van der Waals surface area contributed by atoms with Crippen molar-refractivity contribution >= 4 is 17.9 Å². The van der Waals surface area contributed by atoms with E-state index in [0.717, 1.165) is 44.7 Å². The summed E-state index contributed by atoms with van der Waals surface area (Å²) in [6, 6.07) is 0. The maximum Gasteiger partial charge on any atom is 0.260 e. The van der Waals surface area contributed by atoms with Gasteiger partial charge >= 0.3 is 0 Å². The number of amides is 1. The molecule has 0 aromatic rings. The first-order valence-corrected chi connectivity index (χ1v) is 14.0. The number of aliphatic hydroxyl groups is 1. The van der Waals surface area contributed by atoms with Gasteiger partial charge in [-0.25, -0.2) is 0 Å². The van der Waals surface area contributed by atoms with Crippen LogP contribution in [-0.4, -0.2) is 67.9 Å². The van der Waals surface area contributed by atoms with E-state index in [-0.39, 0.29) is 22.7 Å². The number of nitrogens with one attached hydrogen (secondary N) is 1. The van der Waals surface area contributed by atoms with Crippen molar-refractivity contribution in [3.05, 3.63) is 11.8 Å². The van der Waals surface area contributed by atoms with Gasteiger partial charge < -0.3 is 25.5 Å². The second-order valence-electron chi connectivity index (χ2n) is 13.1. The Morgan fingerprint density at radius 3 is 2.44 bits per heavy atom. The zero-order valence-electron chi connectivity index (χ0n) is 23.0. The third kappa shape index (κ3) is 4.71. The van der Waals surface area contributed by atoms with Gasteiger partial charge in [-0.15, -0.1) is 0 Å². The molecule has 4 saturated carbocycles. The minimum Gasteiger partial charge on any atom is -0.387 e. The fraction of sp³-hybridized carbons (Fsp3) is 0.828. The summed E-state index contributed by atoms with van der Waals surface area (Å²) < 4.78 is 5.36. The predicted molar refractivity (Wildman–Crippen MR) is 139 cm³/mol. The lowest BCUT2D eigenvalue weighted by molar-refractivity contribution is -0.576. The Morgan fingerprint density at radius 1 is 1.06 bits per heavy atom. The number of hydrogen-bond donors (Lipinski definition) is 3. The monoisotopic (exact) mass is 502 g/mol. The van der Waals surface area contributed by atoms with Gasteiger partial charge in [0.25, 0.3) is 5.91 Å². The molecular formula is C29H48N3O4+. The van der Waals surface area contributed by atoms with Crippen molar-refractivity contribution < 1.29 is 24.7 Å². The fourth-order valence-corrected chi connectivity index (χ4v) is 9.13. The van der Waals surface area contributed by atoms with E-state index >= 15 is 0 Å². The molecule has 4 rings (SSSR count). The zero-order valence-corrected chi connectivity index (χ0v) is 23.0. The minimum atomic E-state index is -0.667. The summed E-state index contributed by atoms with van der Waals surface area (Å²) in [5.41, 5.74) is -0.0143. The molecule has 4 aliphatic carbocycles. The summed E-state index contributed by atoms with van der Waals surface area (Å²) in [6.07, 6.45) is 12.3. The number of Topliss-reactive ketones (excluding diaryl/α,β-unsaturated/α-hetero) is 1. The average molecular weight is 503 g/mol. The molecule has 36 heavy (non-hydrogen) atoms. The fourth-order valence-electron chi connectivity index (χ4n) is 9.13. The van der Waals surface area contributed by atoms with E-state index in [1.54, 1.807) is 32.7 Å². The van der Waals surface area contributed by atoms with Gasteiger partial charge in [0.15, 0.2) is 5.78 Å². The smallest absolute Gasteiger partial charge is 0.260 e. The molecule has 0 aromatic carbocycles. The van der Waals surface area contributed by atoms with E-state index in [1.807, 2.05) is 0 Å². The Bertz CT molecular complexity index is 903. The van der Waals surface area contributed by atoms with Crippen molar-refractivity contribution in [1.29, 1.82) is 5.41 Å².